The van der Waals surface area contributed by atoms with Crippen molar-refractivity contribution in [3.63, 3.8) is 0 Å². The standard InChI is InChI=1S/C13H16N4O2/c1-17(8-11(14)18)7-6-12-15-10-5-3-2-4-9(10)13(19)16-12/h2-5H,6-8H2,1H3,(H2,14,18)(H,15,16,19). The van der Waals surface area contributed by atoms with Gasteiger partial charge in [-0.15, -0.1) is 0 Å². The molecule has 6 nitrogen and oxygen atoms in total. The van der Waals surface area contributed by atoms with E-state index in [4.69, 9.17) is 5.73 Å². The van der Waals surface area contributed by atoms with E-state index in [2.05, 4.69) is 9.97 Å². The van der Waals surface area contributed by atoms with Gasteiger partial charge in [-0.05, 0) is 19.2 Å². The number of carbonyl (C=O) groups is 1. The summed E-state index contributed by atoms with van der Waals surface area (Å²) >= 11 is 0. The predicted octanol–water partition coefficient (Wildman–Crippen LogP) is -0.117. The number of primary amides is 1. The van der Waals surface area contributed by atoms with Gasteiger partial charge in [-0.3, -0.25) is 14.5 Å². The van der Waals surface area contributed by atoms with Gasteiger partial charge in [0.25, 0.3) is 5.56 Å². The van der Waals surface area contributed by atoms with E-state index in [1.165, 1.54) is 0 Å². The summed E-state index contributed by atoms with van der Waals surface area (Å²) in [6.07, 6.45) is 0.559. The van der Waals surface area contributed by atoms with Crippen molar-refractivity contribution in [1.29, 1.82) is 0 Å². The van der Waals surface area contributed by atoms with Gasteiger partial charge in [-0.1, -0.05) is 12.1 Å². The quantitative estimate of drug-likeness (QED) is 0.784. The summed E-state index contributed by atoms with van der Waals surface area (Å²) in [5, 5.41) is 0.580. The highest BCUT2D eigenvalue weighted by atomic mass is 16.1. The molecule has 0 fully saturated rings. The van der Waals surface area contributed by atoms with Crippen LogP contribution in [-0.4, -0.2) is 40.9 Å². The second-order valence-electron chi connectivity index (χ2n) is 4.48. The Kier molecular flexibility index (Phi) is 3.91. The topological polar surface area (TPSA) is 92.1 Å². The number of aromatic amines is 1. The molecule has 2 aromatic rings. The normalized spacial score (nSPS) is 11.1. The number of benzene rings is 1. The summed E-state index contributed by atoms with van der Waals surface area (Å²) in [6.45, 7) is 0.794. The Balaban J connectivity index is 2.13. The highest BCUT2D eigenvalue weighted by molar-refractivity contribution is 5.77. The van der Waals surface area contributed by atoms with Gasteiger partial charge in [0.15, 0.2) is 0 Å². The second-order valence-corrected chi connectivity index (χ2v) is 4.48. The van der Waals surface area contributed by atoms with Gasteiger partial charge in [0.05, 0.1) is 17.4 Å². The van der Waals surface area contributed by atoms with Crippen molar-refractivity contribution in [1.82, 2.24) is 14.9 Å². The molecule has 3 N–H and O–H groups in total. The lowest BCUT2D eigenvalue weighted by Crippen LogP contribution is -2.32. The summed E-state index contributed by atoms with van der Waals surface area (Å²) in [7, 11) is 1.80. The van der Waals surface area contributed by atoms with Gasteiger partial charge in [-0.2, -0.15) is 0 Å². The van der Waals surface area contributed by atoms with Crippen LogP contribution in [0.1, 0.15) is 5.82 Å². The minimum atomic E-state index is -0.373. The van der Waals surface area contributed by atoms with Gasteiger partial charge in [-0.25, -0.2) is 4.98 Å². The number of nitrogens with zero attached hydrogens (tertiary/aromatic N) is 2. The Labute approximate surface area is 110 Å². The summed E-state index contributed by atoms with van der Waals surface area (Å²) in [4.78, 5) is 31.5. The molecule has 0 unspecified atom stereocenters. The lowest BCUT2D eigenvalue weighted by Gasteiger charge is -2.13. The number of fused-ring (bicyclic) bond motifs is 1. The third-order valence-electron chi connectivity index (χ3n) is 2.82. The number of amides is 1. The zero-order valence-electron chi connectivity index (χ0n) is 10.7. The SMILES string of the molecule is CN(CCc1nc2ccccc2c(=O)[nH]1)CC(N)=O. The van der Waals surface area contributed by atoms with E-state index in [1.54, 1.807) is 30.1 Å². The molecule has 6 heteroatoms. The molecule has 19 heavy (non-hydrogen) atoms. The number of H-pyrrole nitrogens is 1. The molecular formula is C13H16N4O2. The van der Waals surface area contributed by atoms with Crippen LogP contribution in [0, 0.1) is 0 Å². The zero-order chi connectivity index (χ0) is 13.8. The monoisotopic (exact) mass is 260 g/mol. The van der Waals surface area contributed by atoms with Gasteiger partial charge in [0.2, 0.25) is 5.91 Å². The van der Waals surface area contributed by atoms with Crippen molar-refractivity contribution in [2.24, 2.45) is 5.73 Å². The maximum atomic E-state index is 11.8. The Morgan fingerprint density at radius 1 is 1.42 bits per heavy atom. The molecule has 1 amide bonds. The van der Waals surface area contributed by atoms with E-state index in [0.29, 0.717) is 29.7 Å². The number of rotatable bonds is 5. The molecule has 0 aliphatic rings. The molecule has 0 radical (unpaired) electrons. The third-order valence-corrected chi connectivity index (χ3v) is 2.82. The highest BCUT2D eigenvalue weighted by Gasteiger charge is 2.06. The van der Waals surface area contributed by atoms with Crippen molar-refractivity contribution < 1.29 is 4.79 Å². The number of para-hydroxylation sites is 1. The third kappa shape index (κ3) is 3.38. The first-order valence-corrected chi connectivity index (χ1v) is 6.01. The lowest BCUT2D eigenvalue weighted by atomic mass is 10.2. The van der Waals surface area contributed by atoms with Crippen molar-refractivity contribution in [2.75, 3.05) is 20.1 Å². The summed E-state index contributed by atoms with van der Waals surface area (Å²) in [5.41, 5.74) is 5.65. The Hall–Kier alpha value is -2.21. The molecule has 0 atom stereocenters. The zero-order valence-corrected chi connectivity index (χ0v) is 10.7. The molecule has 1 aromatic carbocycles. The van der Waals surface area contributed by atoms with Crippen LogP contribution < -0.4 is 11.3 Å². The number of carbonyl (C=O) groups excluding carboxylic acids is 1. The van der Waals surface area contributed by atoms with E-state index in [1.807, 2.05) is 6.07 Å². The second kappa shape index (κ2) is 5.62. The first-order chi connectivity index (χ1) is 9.06. The number of hydrogen-bond acceptors (Lipinski definition) is 4. The molecule has 0 aliphatic carbocycles. The van der Waals surface area contributed by atoms with Crippen LogP contribution in [0.4, 0.5) is 0 Å². The van der Waals surface area contributed by atoms with Gasteiger partial charge in [0.1, 0.15) is 5.82 Å². The highest BCUT2D eigenvalue weighted by Crippen LogP contribution is 2.05. The van der Waals surface area contributed by atoms with E-state index < -0.39 is 0 Å². The Morgan fingerprint density at radius 3 is 2.89 bits per heavy atom. The van der Waals surface area contributed by atoms with Crippen LogP contribution in [0.3, 0.4) is 0 Å². The largest absolute Gasteiger partial charge is 0.369 e. The summed E-state index contributed by atoms with van der Waals surface area (Å²) in [5.74, 6) is 0.238. The molecule has 0 aliphatic heterocycles. The fraction of sp³-hybridized carbons (Fsp3) is 0.308. The predicted molar refractivity (Wildman–Crippen MR) is 72.8 cm³/mol. The smallest absolute Gasteiger partial charge is 0.258 e. The molecule has 0 saturated heterocycles. The van der Waals surface area contributed by atoms with Gasteiger partial charge >= 0.3 is 0 Å². The first-order valence-electron chi connectivity index (χ1n) is 6.01. The fourth-order valence-corrected chi connectivity index (χ4v) is 1.90. The van der Waals surface area contributed by atoms with Crippen molar-refractivity contribution in [2.45, 2.75) is 6.42 Å². The minimum Gasteiger partial charge on any atom is -0.369 e. The summed E-state index contributed by atoms with van der Waals surface area (Å²) < 4.78 is 0. The van der Waals surface area contributed by atoms with E-state index in [-0.39, 0.29) is 18.0 Å². The number of likely N-dealkylation sites (N-methyl/N-ethyl adjacent to an activating group) is 1. The Morgan fingerprint density at radius 2 is 2.16 bits per heavy atom. The van der Waals surface area contributed by atoms with Crippen LogP contribution >= 0.6 is 0 Å². The van der Waals surface area contributed by atoms with Crippen LogP contribution in [0.15, 0.2) is 29.1 Å². The van der Waals surface area contributed by atoms with Crippen LogP contribution in [-0.2, 0) is 11.2 Å². The molecule has 1 heterocycles. The maximum Gasteiger partial charge on any atom is 0.258 e. The van der Waals surface area contributed by atoms with Gasteiger partial charge < -0.3 is 10.7 Å². The molecule has 0 bridgehead atoms. The van der Waals surface area contributed by atoms with E-state index in [9.17, 15) is 9.59 Å². The number of hydrogen-bond donors (Lipinski definition) is 2. The molecule has 100 valence electrons. The maximum absolute atomic E-state index is 11.8. The van der Waals surface area contributed by atoms with E-state index >= 15 is 0 Å². The van der Waals surface area contributed by atoms with Crippen molar-refractivity contribution >= 4 is 16.8 Å². The molecule has 0 spiro atoms. The average molecular weight is 260 g/mol. The van der Waals surface area contributed by atoms with E-state index in [0.717, 1.165) is 0 Å². The van der Waals surface area contributed by atoms with Gasteiger partial charge in [0, 0.05) is 13.0 Å². The van der Waals surface area contributed by atoms with Crippen molar-refractivity contribution in [3.8, 4) is 0 Å². The lowest BCUT2D eigenvalue weighted by molar-refractivity contribution is -0.118. The first kappa shape index (κ1) is 13.2. The average Bonchev–Trinajstić information content (AvgIpc) is 2.36. The molecule has 2 rings (SSSR count). The number of nitrogens with two attached hydrogens (primary N) is 1. The summed E-state index contributed by atoms with van der Waals surface area (Å²) in [6, 6.07) is 7.20. The minimum absolute atomic E-state index is 0.141. The van der Waals surface area contributed by atoms with Crippen LogP contribution in [0.25, 0.3) is 10.9 Å². The van der Waals surface area contributed by atoms with Crippen molar-refractivity contribution in [3.05, 3.63) is 40.4 Å². The van der Waals surface area contributed by atoms with Crippen LogP contribution in [0.5, 0.6) is 0 Å². The molecular weight excluding hydrogens is 244 g/mol. The fourth-order valence-electron chi connectivity index (χ4n) is 1.90. The number of aromatic nitrogens is 2. The number of nitrogens with one attached hydrogen (secondary N) is 1. The molecule has 1 aromatic heterocycles. The van der Waals surface area contributed by atoms with Crippen LogP contribution in [0.2, 0.25) is 0 Å². The molecule has 0 saturated carbocycles. The Bertz CT molecular complexity index is 650.